The SMILES string of the molecule is CCOc1ccc(NC(=O)c2cn[nH]c2C)cc1Cl. The number of halogens is 1. The maximum atomic E-state index is 12.0. The summed E-state index contributed by atoms with van der Waals surface area (Å²) in [6.07, 6.45) is 1.49. The van der Waals surface area contributed by atoms with E-state index in [9.17, 15) is 4.79 Å². The number of hydrogen-bond acceptors (Lipinski definition) is 3. The van der Waals surface area contributed by atoms with Crippen molar-refractivity contribution in [2.45, 2.75) is 13.8 Å². The van der Waals surface area contributed by atoms with Crippen LogP contribution in [-0.4, -0.2) is 22.7 Å². The molecule has 0 aliphatic carbocycles. The Kier molecular flexibility index (Phi) is 4.06. The molecule has 0 atom stereocenters. The van der Waals surface area contributed by atoms with E-state index >= 15 is 0 Å². The third-order valence-corrected chi connectivity index (χ3v) is 2.86. The van der Waals surface area contributed by atoms with Crippen molar-refractivity contribution in [1.82, 2.24) is 10.2 Å². The summed E-state index contributed by atoms with van der Waals surface area (Å²) in [4.78, 5) is 12.0. The fraction of sp³-hybridized carbons (Fsp3) is 0.231. The van der Waals surface area contributed by atoms with Crippen LogP contribution in [-0.2, 0) is 0 Å². The second-order valence-corrected chi connectivity index (χ2v) is 4.35. The molecule has 100 valence electrons. The van der Waals surface area contributed by atoms with E-state index in [0.29, 0.717) is 28.6 Å². The molecule has 0 radical (unpaired) electrons. The van der Waals surface area contributed by atoms with Crippen LogP contribution in [0.1, 0.15) is 23.0 Å². The average Bonchev–Trinajstić information content (AvgIpc) is 2.79. The van der Waals surface area contributed by atoms with Crippen molar-refractivity contribution in [3.8, 4) is 5.75 Å². The molecule has 0 saturated heterocycles. The maximum absolute atomic E-state index is 12.0. The van der Waals surface area contributed by atoms with Crippen molar-refractivity contribution in [2.75, 3.05) is 11.9 Å². The molecule has 0 saturated carbocycles. The van der Waals surface area contributed by atoms with Gasteiger partial charge in [0.2, 0.25) is 0 Å². The summed E-state index contributed by atoms with van der Waals surface area (Å²) in [6, 6.07) is 5.12. The zero-order chi connectivity index (χ0) is 13.8. The Bertz CT molecular complexity index is 595. The Morgan fingerprint density at radius 2 is 2.32 bits per heavy atom. The fourth-order valence-corrected chi connectivity index (χ4v) is 1.86. The van der Waals surface area contributed by atoms with Crippen LogP contribution in [0.3, 0.4) is 0 Å². The number of nitrogens with one attached hydrogen (secondary N) is 2. The van der Waals surface area contributed by atoms with Crippen molar-refractivity contribution >= 4 is 23.2 Å². The molecule has 1 aromatic carbocycles. The molecule has 1 heterocycles. The van der Waals surface area contributed by atoms with Gasteiger partial charge in [-0.3, -0.25) is 9.89 Å². The van der Waals surface area contributed by atoms with Crippen LogP contribution < -0.4 is 10.1 Å². The Morgan fingerprint density at radius 1 is 1.53 bits per heavy atom. The van der Waals surface area contributed by atoms with E-state index in [1.807, 2.05) is 6.92 Å². The number of rotatable bonds is 4. The standard InChI is InChI=1S/C13H14ClN3O2/c1-3-19-12-5-4-9(6-11(12)14)16-13(18)10-7-15-17-8(10)2/h4-7H,3H2,1-2H3,(H,15,17)(H,16,18). The van der Waals surface area contributed by atoms with Gasteiger partial charge in [0.15, 0.2) is 0 Å². The van der Waals surface area contributed by atoms with Crippen LogP contribution in [0.4, 0.5) is 5.69 Å². The van der Waals surface area contributed by atoms with Gasteiger partial charge in [-0.05, 0) is 32.0 Å². The first-order valence-electron chi connectivity index (χ1n) is 5.85. The van der Waals surface area contributed by atoms with Gasteiger partial charge < -0.3 is 10.1 Å². The lowest BCUT2D eigenvalue weighted by molar-refractivity contribution is 0.102. The molecule has 19 heavy (non-hydrogen) atoms. The second-order valence-electron chi connectivity index (χ2n) is 3.94. The van der Waals surface area contributed by atoms with Gasteiger partial charge in [-0.1, -0.05) is 11.6 Å². The van der Waals surface area contributed by atoms with Gasteiger partial charge in [0.25, 0.3) is 5.91 Å². The number of carbonyl (C=O) groups excluding carboxylic acids is 1. The number of benzene rings is 1. The highest BCUT2D eigenvalue weighted by Crippen LogP contribution is 2.27. The maximum Gasteiger partial charge on any atom is 0.259 e. The van der Waals surface area contributed by atoms with Gasteiger partial charge in [0, 0.05) is 11.4 Å². The van der Waals surface area contributed by atoms with E-state index < -0.39 is 0 Å². The van der Waals surface area contributed by atoms with Crippen molar-refractivity contribution < 1.29 is 9.53 Å². The van der Waals surface area contributed by atoms with E-state index in [-0.39, 0.29) is 5.91 Å². The van der Waals surface area contributed by atoms with Gasteiger partial charge in [-0.15, -0.1) is 0 Å². The highest BCUT2D eigenvalue weighted by atomic mass is 35.5. The molecule has 0 fully saturated rings. The number of ether oxygens (including phenoxy) is 1. The Balaban J connectivity index is 2.14. The summed E-state index contributed by atoms with van der Waals surface area (Å²) in [5.74, 6) is 0.369. The molecular weight excluding hydrogens is 266 g/mol. The van der Waals surface area contributed by atoms with Gasteiger partial charge >= 0.3 is 0 Å². The molecular formula is C13H14ClN3O2. The lowest BCUT2D eigenvalue weighted by Crippen LogP contribution is -2.12. The normalized spacial score (nSPS) is 10.3. The molecule has 2 aromatic rings. The Labute approximate surface area is 115 Å². The third kappa shape index (κ3) is 3.06. The minimum absolute atomic E-state index is 0.230. The molecule has 0 unspecified atom stereocenters. The molecule has 2 N–H and O–H groups in total. The first-order chi connectivity index (χ1) is 9.11. The van der Waals surface area contributed by atoms with E-state index in [1.165, 1.54) is 6.20 Å². The first-order valence-corrected chi connectivity index (χ1v) is 6.23. The zero-order valence-electron chi connectivity index (χ0n) is 10.7. The van der Waals surface area contributed by atoms with E-state index in [2.05, 4.69) is 15.5 Å². The van der Waals surface area contributed by atoms with Gasteiger partial charge in [-0.25, -0.2) is 0 Å². The molecule has 0 aliphatic rings. The monoisotopic (exact) mass is 279 g/mol. The van der Waals surface area contributed by atoms with E-state index in [1.54, 1.807) is 25.1 Å². The highest BCUT2D eigenvalue weighted by Gasteiger charge is 2.11. The molecule has 1 aromatic heterocycles. The first kappa shape index (κ1) is 13.4. The molecule has 5 nitrogen and oxygen atoms in total. The highest BCUT2D eigenvalue weighted by molar-refractivity contribution is 6.32. The minimum atomic E-state index is -0.230. The number of carbonyl (C=O) groups is 1. The van der Waals surface area contributed by atoms with Crippen LogP contribution in [0.2, 0.25) is 5.02 Å². The molecule has 2 rings (SSSR count). The summed E-state index contributed by atoms with van der Waals surface area (Å²) < 4.78 is 5.33. The van der Waals surface area contributed by atoms with Crippen LogP contribution in [0.25, 0.3) is 0 Å². The number of anilines is 1. The lowest BCUT2D eigenvalue weighted by atomic mass is 10.2. The summed E-state index contributed by atoms with van der Waals surface area (Å²) >= 11 is 6.05. The number of H-pyrrole nitrogens is 1. The topological polar surface area (TPSA) is 67.0 Å². The van der Waals surface area contributed by atoms with Crippen molar-refractivity contribution in [3.63, 3.8) is 0 Å². The quantitative estimate of drug-likeness (QED) is 0.904. The number of aromatic nitrogens is 2. The van der Waals surface area contributed by atoms with E-state index in [4.69, 9.17) is 16.3 Å². The van der Waals surface area contributed by atoms with Crippen LogP contribution >= 0.6 is 11.6 Å². The van der Waals surface area contributed by atoms with Crippen LogP contribution in [0.5, 0.6) is 5.75 Å². The predicted molar refractivity (Wildman–Crippen MR) is 73.9 cm³/mol. The molecule has 0 aliphatic heterocycles. The number of nitrogens with zero attached hydrogens (tertiary/aromatic N) is 1. The van der Waals surface area contributed by atoms with Crippen LogP contribution in [0, 0.1) is 6.92 Å². The lowest BCUT2D eigenvalue weighted by Gasteiger charge is -2.08. The zero-order valence-corrected chi connectivity index (χ0v) is 11.4. The predicted octanol–water partition coefficient (Wildman–Crippen LogP) is 3.02. The van der Waals surface area contributed by atoms with Crippen molar-refractivity contribution in [1.29, 1.82) is 0 Å². The largest absolute Gasteiger partial charge is 0.492 e. The molecule has 6 heteroatoms. The van der Waals surface area contributed by atoms with Gasteiger partial charge in [0.1, 0.15) is 5.75 Å². The van der Waals surface area contributed by atoms with Crippen LogP contribution in [0.15, 0.2) is 24.4 Å². The summed E-state index contributed by atoms with van der Waals surface area (Å²) in [7, 11) is 0. The average molecular weight is 280 g/mol. The van der Waals surface area contributed by atoms with Crippen molar-refractivity contribution in [3.05, 3.63) is 40.7 Å². The Hall–Kier alpha value is -2.01. The third-order valence-electron chi connectivity index (χ3n) is 2.56. The van der Waals surface area contributed by atoms with Gasteiger partial charge in [-0.2, -0.15) is 5.10 Å². The van der Waals surface area contributed by atoms with Gasteiger partial charge in [0.05, 0.1) is 23.4 Å². The number of aryl methyl sites for hydroxylation is 1. The summed E-state index contributed by atoms with van der Waals surface area (Å²) in [5.41, 5.74) is 1.83. The van der Waals surface area contributed by atoms with E-state index in [0.717, 1.165) is 5.69 Å². The fourth-order valence-electron chi connectivity index (χ4n) is 1.63. The summed E-state index contributed by atoms with van der Waals surface area (Å²) in [5, 5.41) is 9.74. The minimum Gasteiger partial charge on any atom is -0.492 e. The second kappa shape index (κ2) is 5.75. The number of amides is 1. The smallest absolute Gasteiger partial charge is 0.259 e. The number of aromatic amines is 1. The molecule has 0 bridgehead atoms. The van der Waals surface area contributed by atoms with Crippen molar-refractivity contribution in [2.24, 2.45) is 0 Å². The Morgan fingerprint density at radius 3 is 2.89 bits per heavy atom. The molecule has 1 amide bonds. The molecule has 0 spiro atoms. The summed E-state index contributed by atoms with van der Waals surface area (Å²) in [6.45, 7) is 4.21. The number of hydrogen-bond donors (Lipinski definition) is 2.